The molecule has 1 unspecified atom stereocenters. The second-order valence-corrected chi connectivity index (χ2v) is 4.27. The number of benzene rings is 1. The third-order valence-corrected chi connectivity index (χ3v) is 3.46. The molecule has 1 heterocycles. The van der Waals surface area contributed by atoms with Crippen molar-refractivity contribution in [1.29, 1.82) is 0 Å². The molecule has 3 nitrogen and oxygen atoms in total. The second-order valence-electron chi connectivity index (χ2n) is 4.27. The predicted octanol–water partition coefficient (Wildman–Crippen LogP) is 1.01. The summed E-state index contributed by atoms with van der Waals surface area (Å²) in [5, 5.41) is 9.29. The maximum atomic E-state index is 13.8. The van der Waals surface area contributed by atoms with Crippen LogP contribution in [0.25, 0.3) is 0 Å². The first kappa shape index (κ1) is 11.5. The third kappa shape index (κ3) is 1.54. The SMILES string of the molecule is C[C@@H]1OC[C@@H](CO)C1(N)c1ccccc1F. The molecule has 1 aromatic rings. The lowest BCUT2D eigenvalue weighted by Crippen LogP contribution is -2.50. The minimum atomic E-state index is -0.944. The highest BCUT2D eigenvalue weighted by atomic mass is 19.1. The van der Waals surface area contributed by atoms with Crippen LogP contribution in [0.3, 0.4) is 0 Å². The average Bonchev–Trinajstić information content (AvgIpc) is 2.57. The normalized spacial score (nSPS) is 34.2. The van der Waals surface area contributed by atoms with Crippen LogP contribution in [-0.2, 0) is 10.3 Å². The Morgan fingerprint density at radius 3 is 2.88 bits per heavy atom. The van der Waals surface area contributed by atoms with Crippen molar-refractivity contribution in [3.63, 3.8) is 0 Å². The monoisotopic (exact) mass is 225 g/mol. The summed E-state index contributed by atoms with van der Waals surface area (Å²) in [5.74, 6) is -0.611. The van der Waals surface area contributed by atoms with Crippen LogP contribution in [0.1, 0.15) is 12.5 Å². The Bertz CT molecular complexity index is 385. The highest BCUT2D eigenvalue weighted by Crippen LogP contribution is 2.38. The Morgan fingerprint density at radius 2 is 2.25 bits per heavy atom. The van der Waals surface area contributed by atoms with E-state index in [0.29, 0.717) is 12.2 Å². The predicted molar refractivity (Wildman–Crippen MR) is 58.3 cm³/mol. The Morgan fingerprint density at radius 1 is 1.56 bits per heavy atom. The highest BCUT2D eigenvalue weighted by Gasteiger charge is 2.48. The molecule has 0 aromatic heterocycles. The van der Waals surface area contributed by atoms with Crippen LogP contribution in [0, 0.1) is 11.7 Å². The molecule has 0 radical (unpaired) electrons. The zero-order valence-corrected chi connectivity index (χ0v) is 9.19. The average molecular weight is 225 g/mol. The van der Waals surface area contributed by atoms with E-state index < -0.39 is 5.54 Å². The first-order valence-corrected chi connectivity index (χ1v) is 5.37. The largest absolute Gasteiger partial charge is 0.396 e. The van der Waals surface area contributed by atoms with Crippen molar-refractivity contribution in [2.75, 3.05) is 13.2 Å². The van der Waals surface area contributed by atoms with E-state index in [4.69, 9.17) is 10.5 Å². The van der Waals surface area contributed by atoms with Crippen molar-refractivity contribution in [1.82, 2.24) is 0 Å². The van der Waals surface area contributed by atoms with Crippen molar-refractivity contribution in [3.8, 4) is 0 Å². The van der Waals surface area contributed by atoms with Gasteiger partial charge in [0.15, 0.2) is 0 Å². The molecule has 1 saturated heterocycles. The van der Waals surface area contributed by atoms with Gasteiger partial charge >= 0.3 is 0 Å². The fourth-order valence-electron chi connectivity index (χ4n) is 2.32. The van der Waals surface area contributed by atoms with E-state index in [2.05, 4.69) is 0 Å². The zero-order chi connectivity index (χ0) is 11.8. The smallest absolute Gasteiger partial charge is 0.128 e. The summed E-state index contributed by atoms with van der Waals surface area (Å²) in [7, 11) is 0. The number of ether oxygens (including phenoxy) is 1. The molecule has 0 saturated carbocycles. The zero-order valence-electron chi connectivity index (χ0n) is 9.19. The number of hydrogen-bond donors (Lipinski definition) is 2. The van der Waals surface area contributed by atoms with Gasteiger partial charge in [0, 0.05) is 11.5 Å². The summed E-state index contributed by atoms with van der Waals surface area (Å²) in [6, 6.07) is 6.40. The Hall–Kier alpha value is -0.970. The number of hydrogen-bond acceptors (Lipinski definition) is 3. The Labute approximate surface area is 94.0 Å². The molecule has 1 fully saturated rings. The standard InChI is InChI=1S/C12H16FNO2/c1-8-12(14,9(6-15)7-16-8)10-4-2-3-5-11(10)13/h2-5,8-9,15H,6-7,14H2,1H3/t8-,9+,12?/m0/s1. The van der Waals surface area contributed by atoms with Crippen LogP contribution >= 0.6 is 0 Å². The quantitative estimate of drug-likeness (QED) is 0.789. The maximum Gasteiger partial charge on any atom is 0.128 e. The molecule has 0 amide bonds. The topological polar surface area (TPSA) is 55.5 Å². The van der Waals surface area contributed by atoms with E-state index in [1.165, 1.54) is 6.07 Å². The van der Waals surface area contributed by atoms with Gasteiger partial charge in [0.1, 0.15) is 5.82 Å². The first-order valence-electron chi connectivity index (χ1n) is 5.37. The fraction of sp³-hybridized carbons (Fsp3) is 0.500. The van der Waals surface area contributed by atoms with Gasteiger partial charge in [-0.2, -0.15) is 0 Å². The summed E-state index contributed by atoms with van der Waals surface area (Å²) in [6.45, 7) is 2.07. The van der Waals surface area contributed by atoms with Gasteiger partial charge in [0.2, 0.25) is 0 Å². The van der Waals surface area contributed by atoms with Crippen molar-refractivity contribution < 1.29 is 14.2 Å². The molecule has 3 atom stereocenters. The van der Waals surface area contributed by atoms with Gasteiger partial charge in [-0.1, -0.05) is 18.2 Å². The lowest BCUT2D eigenvalue weighted by atomic mass is 9.77. The van der Waals surface area contributed by atoms with Crippen LogP contribution in [0.4, 0.5) is 4.39 Å². The molecule has 0 aliphatic carbocycles. The van der Waals surface area contributed by atoms with Crippen molar-refractivity contribution in [3.05, 3.63) is 35.6 Å². The molecule has 1 aliphatic heterocycles. The highest BCUT2D eigenvalue weighted by molar-refractivity contribution is 5.29. The molecular formula is C12H16FNO2. The maximum absolute atomic E-state index is 13.8. The summed E-state index contributed by atoms with van der Waals surface area (Å²) in [5.41, 5.74) is 5.73. The van der Waals surface area contributed by atoms with E-state index in [-0.39, 0.29) is 24.4 Å². The van der Waals surface area contributed by atoms with Gasteiger partial charge in [0.05, 0.1) is 24.9 Å². The number of nitrogens with two attached hydrogens (primary N) is 1. The number of aliphatic hydroxyl groups excluding tert-OH is 1. The molecular weight excluding hydrogens is 209 g/mol. The number of halogens is 1. The molecule has 88 valence electrons. The third-order valence-electron chi connectivity index (χ3n) is 3.46. The van der Waals surface area contributed by atoms with Gasteiger partial charge in [-0.15, -0.1) is 0 Å². The Kier molecular flexibility index (Phi) is 2.97. The Balaban J connectivity index is 2.47. The van der Waals surface area contributed by atoms with E-state index in [9.17, 15) is 9.50 Å². The van der Waals surface area contributed by atoms with Gasteiger partial charge in [-0.05, 0) is 13.0 Å². The van der Waals surface area contributed by atoms with Crippen molar-refractivity contribution in [2.24, 2.45) is 11.7 Å². The minimum absolute atomic E-state index is 0.102. The van der Waals surface area contributed by atoms with Crippen LogP contribution in [0.5, 0.6) is 0 Å². The molecule has 0 bridgehead atoms. The molecule has 16 heavy (non-hydrogen) atoms. The first-order chi connectivity index (χ1) is 7.60. The molecule has 2 rings (SSSR count). The van der Waals surface area contributed by atoms with E-state index in [0.717, 1.165) is 0 Å². The molecule has 0 spiro atoms. The molecule has 3 N–H and O–H groups in total. The molecule has 1 aromatic carbocycles. The molecule has 1 aliphatic rings. The minimum Gasteiger partial charge on any atom is -0.396 e. The molecule has 4 heteroatoms. The number of aliphatic hydroxyl groups is 1. The van der Waals surface area contributed by atoms with Crippen molar-refractivity contribution in [2.45, 2.75) is 18.6 Å². The summed E-state index contributed by atoms with van der Waals surface area (Å²) >= 11 is 0. The van der Waals surface area contributed by atoms with Gasteiger partial charge in [-0.25, -0.2) is 4.39 Å². The van der Waals surface area contributed by atoms with E-state index in [1.807, 2.05) is 6.92 Å². The van der Waals surface area contributed by atoms with E-state index >= 15 is 0 Å². The lowest BCUT2D eigenvalue weighted by molar-refractivity contribution is 0.0940. The van der Waals surface area contributed by atoms with Crippen molar-refractivity contribution >= 4 is 0 Å². The van der Waals surface area contributed by atoms with Gasteiger partial charge < -0.3 is 15.6 Å². The van der Waals surface area contributed by atoms with Crippen LogP contribution in [0.15, 0.2) is 24.3 Å². The van der Waals surface area contributed by atoms with E-state index in [1.54, 1.807) is 18.2 Å². The second kappa shape index (κ2) is 4.13. The summed E-state index contributed by atoms with van der Waals surface area (Å²) in [6.07, 6.45) is -0.304. The van der Waals surface area contributed by atoms with Gasteiger partial charge in [-0.3, -0.25) is 0 Å². The summed E-state index contributed by atoms with van der Waals surface area (Å²) < 4.78 is 19.2. The van der Waals surface area contributed by atoms with Crippen LogP contribution < -0.4 is 5.73 Å². The lowest BCUT2D eigenvalue weighted by Gasteiger charge is -2.33. The van der Waals surface area contributed by atoms with Crippen LogP contribution in [0.2, 0.25) is 0 Å². The number of rotatable bonds is 2. The fourth-order valence-corrected chi connectivity index (χ4v) is 2.32. The van der Waals surface area contributed by atoms with Crippen LogP contribution in [-0.4, -0.2) is 24.4 Å². The van der Waals surface area contributed by atoms with Gasteiger partial charge in [0.25, 0.3) is 0 Å². The summed E-state index contributed by atoms with van der Waals surface area (Å²) in [4.78, 5) is 0.